The Labute approximate surface area is 126 Å². The first-order chi connectivity index (χ1) is 9.75. The summed E-state index contributed by atoms with van der Waals surface area (Å²) in [4.78, 5) is 0.352. The van der Waals surface area contributed by atoms with Crippen LogP contribution in [0.5, 0.6) is 5.75 Å². The molecular formula is C15H23NO4S. The zero-order chi connectivity index (χ0) is 15.8. The van der Waals surface area contributed by atoms with Crippen LogP contribution in [0.25, 0.3) is 0 Å². The number of ether oxygens (including phenoxy) is 1. The highest BCUT2D eigenvalue weighted by atomic mass is 32.2. The number of nitrogens with zero attached hydrogens (tertiary/aromatic N) is 1. The van der Waals surface area contributed by atoms with Gasteiger partial charge in [0.25, 0.3) is 0 Å². The van der Waals surface area contributed by atoms with E-state index in [9.17, 15) is 13.5 Å². The summed E-state index contributed by atoms with van der Waals surface area (Å²) in [6, 6.07) is 3.47. The molecule has 0 saturated heterocycles. The van der Waals surface area contributed by atoms with E-state index in [4.69, 9.17) is 4.74 Å². The number of hydrogen-bond donors (Lipinski definition) is 1. The van der Waals surface area contributed by atoms with Crippen molar-refractivity contribution in [2.24, 2.45) is 5.92 Å². The van der Waals surface area contributed by atoms with Crippen LogP contribution in [0.4, 0.5) is 0 Å². The Morgan fingerprint density at radius 2 is 1.81 bits per heavy atom. The molecule has 5 nitrogen and oxygen atoms in total. The van der Waals surface area contributed by atoms with Gasteiger partial charge in [-0.3, -0.25) is 0 Å². The lowest BCUT2D eigenvalue weighted by molar-refractivity contribution is 0.0367. The van der Waals surface area contributed by atoms with Crippen molar-refractivity contribution in [1.29, 1.82) is 0 Å². The topological polar surface area (TPSA) is 66.8 Å². The van der Waals surface area contributed by atoms with Gasteiger partial charge in [0.1, 0.15) is 5.75 Å². The van der Waals surface area contributed by atoms with E-state index in [1.807, 2.05) is 0 Å². The minimum atomic E-state index is -3.52. The van der Waals surface area contributed by atoms with Crippen LogP contribution in [0.2, 0.25) is 0 Å². The van der Waals surface area contributed by atoms with Gasteiger partial charge in [0, 0.05) is 13.6 Å². The van der Waals surface area contributed by atoms with Crippen LogP contribution in [-0.2, 0) is 10.0 Å². The molecule has 21 heavy (non-hydrogen) atoms. The lowest BCUT2D eigenvalue weighted by Crippen LogP contribution is -2.39. The van der Waals surface area contributed by atoms with Crippen molar-refractivity contribution in [3.8, 4) is 5.75 Å². The third kappa shape index (κ3) is 3.22. The van der Waals surface area contributed by atoms with Gasteiger partial charge in [0.2, 0.25) is 10.0 Å². The van der Waals surface area contributed by atoms with Crippen molar-refractivity contribution in [3.05, 3.63) is 23.3 Å². The Bertz CT molecular complexity index is 598. The number of rotatable bonds is 5. The highest BCUT2D eigenvalue weighted by Crippen LogP contribution is 2.31. The molecule has 1 N–H and O–H groups in total. The van der Waals surface area contributed by atoms with Crippen molar-refractivity contribution in [2.45, 2.75) is 37.7 Å². The summed E-state index contributed by atoms with van der Waals surface area (Å²) < 4.78 is 32.1. The summed E-state index contributed by atoms with van der Waals surface area (Å²) >= 11 is 0. The van der Waals surface area contributed by atoms with E-state index in [0.717, 1.165) is 0 Å². The van der Waals surface area contributed by atoms with Gasteiger partial charge in [-0.25, -0.2) is 12.7 Å². The third-order valence-electron chi connectivity index (χ3n) is 4.06. The van der Waals surface area contributed by atoms with Gasteiger partial charge in [-0.15, -0.1) is 0 Å². The fourth-order valence-corrected chi connectivity index (χ4v) is 4.55. The van der Waals surface area contributed by atoms with E-state index in [0.29, 0.717) is 41.2 Å². The second-order valence-electron chi connectivity index (χ2n) is 5.87. The van der Waals surface area contributed by atoms with E-state index in [1.54, 1.807) is 40.1 Å². The summed E-state index contributed by atoms with van der Waals surface area (Å²) in [5.41, 5.74) is 1.37. The summed E-state index contributed by atoms with van der Waals surface area (Å²) in [6.07, 6.45) is 1.09. The van der Waals surface area contributed by atoms with Gasteiger partial charge >= 0.3 is 0 Å². The summed E-state index contributed by atoms with van der Waals surface area (Å²) in [5, 5.41) is 9.32. The van der Waals surface area contributed by atoms with Crippen LogP contribution in [0.15, 0.2) is 17.0 Å². The molecule has 1 fully saturated rings. The number of aryl methyl sites for hydroxylation is 2. The molecule has 1 aliphatic rings. The van der Waals surface area contributed by atoms with Crippen molar-refractivity contribution in [2.75, 3.05) is 20.7 Å². The molecule has 1 aromatic carbocycles. The fourth-order valence-electron chi connectivity index (χ4n) is 2.90. The maximum atomic E-state index is 12.8. The standard InChI is InChI=1S/C15H23NO4S/c1-10-5-14(20-4)6-11(2)15(10)21(18,19)16(3)9-12-7-13(17)8-12/h5-6,12-13,17H,7-9H2,1-4H3. The lowest BCUT2D eigenvalue weighted by Gasteiger charge is -2.34. The smallest absolute Gasteiger partial charge is 0.243 e. The Kier molecular flexibility index (Phi) is 4.60. The van der Waals surface area contributed by atoms with E-state index in [-0.39, 0.29) is 12.0 Å². The monoisotopic (exact) mass is 313 g/mol. The Morgan fingerprint density at radius 3 is 2.24 bits per heavy atom. The molecule has 0 spiro atoms. The van der Waals surface area contributed by atoms with Crippen LogP contribution in [-0.4, -0.2) is 44.6 Å². The quantitative estimate of drug-likeness (QED) is 0.898. The van der Waals surface area contributed by atoms with Crippen LogP contribution in [0.3, 0.4) is 0 Å². The molecule has 2 rings (SSSR count). The Balaban J connectivity index is 2.26. The molecule has 0 radical (unpaired) electrons. The highest BCUT2D eigenvalue weighted by molar-refractivity contribution is 7.89. The van der Waals surface area contributed by atoms with Crippen molar-refractivity contribution >= 4 is 10.0 Å². The number of hydrogen-bond acceptors (Lipinski definition) is 4. The minimum Gasteiger partial charge on any atom is -0.497 e. The molecule has 1 saturated carbocycles. The molecule has 0 atom stereocenters. The first-order valence-corrected chi connectivity index (χ1v) is 8.49. The van der Waals surface area contributed by atoms with Crippen molar-refractivity contribution < 1.29 is 18.3 Å². The van der Waals surface area contributed by atoms with Gasteiger partial charge in [-0.05, 0) is 55.9 Å². The summed E-state index contributed by atoms with van der Waals surface area (Å²) in [6.45, 7) is 4.01. The lowest BCUT2D eigenvalue weighted by atomic mass is 9.82. The molecule has 1 aliphatic carbocycles. The second kappa shape index (κ2) is 5.94. The van der Waals surface area contributed by atoms with E-state index < -0.39 is 10.0 Å². The van der Waals surface area contributed by atoms with E-state index in [1.165, 1.54) is 4.31 Å². The van der Waals surface area contributed by atoms with Crippen LogP contribution >= 0.6 is 0 Å². The first-order valence-electron chi connectivity index (χ1n) is 7.05. The number of aliphatic hydroxyl groups excluding tert-OH is 1. The molecule has 0 aliphatic heterocycles. The van der Waals surface area contributed by atoms with Crippen LogP contribution < -0.4 is 4.74 Å². The number of benzene rings is 1. The Morgan fingerprint density at radius 1 is 1.29 bits per heavy atom. The number of methoxy groups -OCH3 is 1. The summed E-state index contributed by atoms with van der Waals surface area (Å²) in [5.74, 6) is 0.910. The van der Waals surface area contributed by atoms with Gasteiger partial charge < -0.3 is 9.84 Å². The molecule has 0 amide bonds. The largest absolute Gasteiger partial charge is 0.497 e. The first kappa shape index (κ1) is 16.3. The van der Waals surface area contributed by atoms with Crippen LogP contribution in [0.1, 0.15) is 24.0 Å². The number of aliphatic hydroxyl groups is 1. The minimum absolute atomic E-state index is 0.249. The van der Waals surface area contributed by atoms with Crippen molar-refractivity contribution in [1.82, 2.24) is 4.31 Å². The maximum Gasteiger partial charge on any atom is 0.243 e. The molecule has 1 aromatic rings. The SMILES string of the molecule is COc1cc(C)c(S(=O)(=O)N(C)CC2CC(O)C2)c(C)c1. The second-order valence-corrected chi connectivity index (χ2v) is 7.85. The van der Waals surface area contributed by atoms with Crippen molar-refractivity contribution in [3.63, 3.8) is 0 Å². The average molecular weight is 313 g/mol. The van der Waals surface area contributed by atoms with Gasteiger partial charge in [-0.1, -0.05) is 0 Å². The molecule has 118 valence electrons. The zero-order valence-electron chi connectivity index (χ0n) is 13.0. The molecule has 0 aromatic heterocycles. The number of sulfonamides is 1. The predicted molar refractivity (Wildman–Crippen MR) is 81.0 cm³/mol. The van der Waals surface area contributed by atoms with Gasteiger partial charge in [-0.2, -0.15) is 0 Å². The van der Waals surface area contributed by atoms with E-state index in [2.05, 4.69) is 0 Å². The summed E-state index contributed by atoms with van der Waals surface area (Å²) in [7, 11) is -0.352. The van der Waals surface area contributed by atoms with Gasteiger partial charge in [0.15, 0.2) is 0 Å². The normalized spacial score (nSPS) is 22.2. The molecule has 0 unspecified atom stereocenters. The molecule has 0 heterocycles. The van der Waals surface area contributed by atoms with Gasteiger partial charge in [0.05, 0.1) is 18.1 Å². The average Bonchev–Trinajstić information content (AvgIpc) is 2.35. The third-order valence-corrected chi connectivity index (χ3v) is 6.19. The Hall–Kier alpha value is -1.11. The molecular weight excluding hydrogens is 290 g/mol. The molecule has 0 bridgehead atoms. The van der Waals surface area contributed by atoms with Crippen LogP contribution in [0, 0.1) is 19.8 Å². The maximum absolute atomic E-state index is 12.8. The molecule has 6 heteroatoms. The highest BCUT2D eigenvalue weighted by Gasteiger charge is 2.32. The predicted octanol–water partition coefficient (Wildman–Crippen LogP) is 1.70. The fraction of sp³-hybridized carbons (Fsp3) is 0.600. The van der Waals surface area contributed by atoms with E-state index >= 15 is 0 Å². The zero-order valence-corrected chi connectivity index (χ0v) is 13.8.